The van der Waals surface area contributed by atoms with Gasteiger partial charge in [-0.15, -0.1) is 10.2 Å². The zero-order chi connectivity index (χ0) is 26.1. The van der Waals surface area contributed by atoms with Crippen LogP contribution >= 0.6 is 0 Å². The normalized spacial score (nSPS) is 11.9. The Balaban J connectivity index is 1.75. The van der Waals surface area contributed by atoms with Gasteiger partial charge in [0, 0.05) is 27.6 Å². The number of hydrogen-bond acceptors (Lipinski definition) is 7. The number of benzene rings is 3. The number of aromatic nitrogens is 2. The van der Waals surface area contributed by atoms with E-state index in [4.69, 9.17) is 4.74 Å². The quantitative estimate of drug-likeness (QED) is 0.347. The van der Waals surface area contributed by atoms with E-state index in [1.54, 1.807) is 64.1 Å². The molecule has 0 unspecified atom stereocenters. The number of fused-ring (bicyclic) bond motifs is 1. The average Bonchev–Trinajstić information content (AvgIpc) is 2.83. The average molecular weight is 505 g/mol. The SMILES string of the molecule is COC(=O)c1ccc(Nc2nnc(-c3ccc(C)c(S(=O)(=O)NC(C)(C)C)c3)c3ccccc23)cc1. The molecule has 0 aliphatic carbocycles. The number of methoxy groups -OCH3 is 1. The first-order valence-electron chi connectivity index (χ1n) is 11.3. The van der Waals surface area contributed by atoms with Crippen LogP contribution in [0.3, 0.4) is 0 Å². The molecule has 8 nitrogen and oxygen atoms in total. The third-order valence-corrected chi connectivity index (χ3v) is 7.35. The summed E-state index contributed by atoms with van der Waals surface area (Å²) in [6, 6.07) is 19.8. The molecule has 0 radical (unpaired) electrons. The van der Waals surface area contributed by atoms with E-state index >= 15 is 0 Å². The Hall–Kier alpha value is -3.82. The summed E-state index contributed by atoms with van der Waals surface area (Å²) >= 11 is 0. The van der Waals surface area contributed by atoms with Gasteiger partial charge in [0.2, 0.25) is 10.0 Å². The van der Waals surface area contributed by atoms with Gasteiger partial charge in [-0.3, -0.25) is 0 Å². The van der Waals surface area contributed by atoms with Gasteiger partial charge in [0.15, 0.2) is 5.82 Å². The number of esters is 1. The fraction of sp³-hybridized carbons (Fsp3) is 0.222. The molecule has 36 heavy (non-hydrogen) atoms. The first-order chi connectivity index (χ1) is 17.0. The highest BCUT2D eigenvalue weighted by Crippen LogP contribution is 2.33. The molecule has 4 rings (SSSR count). The highest BCUT2D eigenvalue weighted by molar-refractivity contribution is 7.89. The summed E-state index contributed by atoms with van der Waals surface area (Å²) in [6.45, 7) is 7.18. The second-order valence-corrected chi connectivity index (χ2v) is 11.1. The number of carbonyl (C=O) groups is 1. The Morgan fingerprint density at radius 2 is 1.58 bits per heavy atom. The molecule has 186 valence electrons. The highest BCUT2D eigenvalue weighted by Gasteiger charge is 2.24. The summed E-state index contributed by atoms with van der Waals surface area (Å²) < 4.78 is 33.6. The maximum atomic E-state index is 13.1. The van der Waals surface area contributed by atoms with Gasteiger partial charge in [-0.25, -0.2) is 17.9 Å². The third-order valence-electron chi connectivity index (χ3n) is 5.45. The number of nitrogens with zero attached hydrogens (tertiary/aromatic N) is 2. The van der Waals surface area contributed by atoms with Gasteiger partial charge < -0.3 is 10.1 Å². The fourth-order valence-electron chi connectivity index (χ4n) is 3.85. The number of carbonyl (C=O) groups excluding carboxylic acids is 1. The Morgan fingerprint density at radius 3 is 2.22 bits per heavy atom. The molecule has 0 saturated heterocycles. The standard InChI is InChI=1S/C27H28N4O4S/c1-17-10-11-19(16-23(17)36(33,34)31-27(2,3)4)24-21-8-6-7-9-22(21)25(30-29-24)28-20-14-12-18(13-15-20)26(32)35-5/h6-16,31H,1-5H3,(H,28,30). The van der Waals surface area contributed by atoms with Gasteiger partial charge in [0.25, 0.3) is 0 Å². The monoisotopic (exact) mass is 504 g/mol. The molecule has 4 aromatic rings. The molecular weight excluding hydrogens is 476 g/mol. The van der Waals surface area contributed by atoms with Crippen LogP contribution in [-0.2, 0) is 14.8 Å². The van der Waals surface area contributed by atoms with Gasteiger partial charge in [-0.2, -0.15) is 0 Å². The van der Waals surface area contributed by atoms with Crippen LogP contribution < -0.4 is 10.0 Å². The maximum Gasteiger partial charge on any atom is 0.337 e. The third kappa shape index (κ3) is 5.37. The summed E-state index contributed by atoms with van der Waals surface area (Å²) in [5.74, 6) is 0.128. The van der Waals surface area contributed by atoms with Crippen LogP contribution in [0.25, 0.3) is 22.0 Å². The number of ether oxygens (including phenoxy) is 1. The van der Waals surface area contributed by atoms with E-state index in [0.29, 0.717) is 28.2 Å². The Morgan fingerprint density at radius 1 is 0.917 bits per heavy atom. The smallest absolute Gasteiger partial charge is 0.337 e. The molecule has 2 N–H and O–H groups in total. The largest absolute Gasteiger partial charge is 0.465 e. The lowest BCUT2D eigenvalue weighted by molar-refractivity contribution is 0.0600. The topological polar surface area (TPSA) is 110 Å². The molecule has 0 bridgehead atoms. The van der Waals surface area contributed by atoms with E-state index in [2.05, 4.69) is 20.2 Å². The predicted molar refractivity (Wildman–Crippen MR) is 141 cm³/mol. The second kappa shape index (κ2) is 9.67. The van der Waals surface area contributed by atoms with Crippen LogP contribution in [0.15, 0.2) is 71.6 Å². The lowest BCUT2D eigenvalue weighted by atomic mass is 10.0. The van der Waals surface area contributed by atoms with Crippen molar-refractivity contribution in [1.29, 1.82) is 0 Å². The van der Waals surface area contributed by atoms with Gasteiger partial charge in [0.05, 0.1) is 17.6 Å². The minimum atomic E-state index is -3.74. The van der Waals surface area contributed by atoms with Crippen LogP contribution in [0.1, 0.15) is 36.7 Å². The van der Waals surface area contributed by atoms with E-state index < -0.39 is 21.5 Å². The zero-order valence-corrected chi connectivity index (χ0v) is 21.6. The van der Waals surface area contributed by atoms with Gasteiger partial charge in [-0.1, -0.05) is 36.4 Å². The second-order valence-electron chi connectivity index (χ2n) is 9.47. The molecule has 0 fully saturated rings. The molecule has 0 saturated carbocycles. The van der Waals surface area contributed by atoms with Gasteiger partial charge in [0.1, 0.15) is 5.69 Å². The number of nitrogens with one attached hydrogen (secondary N) is 2. The summed E-state index contributed by atoms with van der Waals surface area (Å²) in [6.07, 6.45) is 0. The molecule has 0 spiro atoms. The van der Waals surface area contributed by atoms with Crippen molar-refractivity contribution in [3.05, 3.63) is 77.9 Å². The molecule has 0 amide bonds. The summed E-state index contributed by atoms with van der Waals surface area (Å²) in [4.78, 5) is 11.9. The van der Waals surface area contributed by atoms with Crippen LogP contribution in [0.4, 0.5) is 11.5 Å². The van der Waals surface area contributed by atoms with Crippen molar-refractivity contribution in [3.8, 4) is 11.3 Å². The Kier molecular flexibility index (Phi) is 6.79. The van der Waals surface area contributed by atoms with E-state index in [-0.39, 0.29) is 4.90 Å². The van der Waals surface area contributed by atoms with Crippen LogP contribution in [0.2, 0.25) is 0 Å². The molecule has 0 aliphatic rings. The first-order valence-corrected chi connectivity index (χ1v) is 12.8. The lowest BCUT2D eigenvalue weighted by Crippen LogP contribution is -2.40. The molecule has 0 aliphatic heterocycles. The Bertz CT molecular complexity index is 1540. The molecular formula is C27H28N4O4S. The van der Waals surface area contributed by atoms with Crippen molar-refractivity contribution < 1.29 is 17.9 Å². The number of anilines is 2. The number of sulfonamides is 1. The number of rotatable bonds is 6. The first kappa shape index (κ1) is 25.3. The van der Waals surface area contributed by atoms with Crippen molar-refractivity contribution in [3.63, 3.8) is 0 Å². The van der Waals surface area contributed by atoms with Crippen molar-refractivity contribution in [2.75, 3.05) is 12.4 Å². The summed E-state index contributed by atoms with van der Waals surface area (Å²) in [5.41, 5.74) is 2.42. The zero-order valence-electron chi connectivity index (χ0n) is 20.8. The van der Waals surface area contributed by atoms with Crippen LogP contribution in [0.5, 0.6) is 0 Å². The van der Waals surface area contributed by atoms with Crippen molar-refractivity contribution in [2.45, 2.75) is 38.1 Å². The van der Waals surface area contributed by atoms with Crippen molar-refractivity contribution in [2.24, 2.45) is 0 Å². The summed E-state index contributed by atoms with van der Waals surface area (Å²) in [5, 5.41) is 13.7. The molecule has 0 atom stereocenters. The summed E-state index contributed by atoms with van der Waals surface area (Å²) in [7, 11) is -2.40. The van der Waals surface area contributed by atoms with Gasteiger partial charge >= 0.3 is 5.97 Å². The molecule has 1 aromatic heterocycles. The Labute approximate surface area is 210 Å². The van der Waals surface area contributed by atoms with Crippen molar-refractivity contribution >= 4 is 38.3 Å². The molecule has 3 aromatic carbocycles. The van der Waals surface area contributed by atoms with Gasteiger partial charge in [-0.05, 0) is 63.6 Å². The lowest BCUT2D eigenvalue weighted by Gasteiger charge is -2.21. The van der Waals surface area contributed by atoms with E-state index in [9.17, 15) is 13.2 Å². The fourth-order valence-corrected chi connectivity index (χ4v) is 5.54. The van der Waals surface area contributed by atoms with E-state index in [1.807, 2.05) is 30.3 Å². The molecule has 1 heterocycles. The van der Waals surface area contributed by atoms with Crippen LogP contribution in [0, 0.1) is 6.92 Å². The molecule has 9 heteroatoms. The maximum absolute atomic E-state index is 13.1. The number of hydrogen-bond donors (Lipinski definition) is 2. The number of aryl methyl sites for hydroxylation is 1. The minimum absolute atomic E-state index is 0.203. The van der Waals surface area contributed by atoms with E-state index in [1.165, 1.54) is 7.11 Å². The van der Waals surface area contributed by atoms with Crippen LogP contribution in [-0.4, -0.2) is 37.2 Å². The van der Waals surface area contributed by atoms with Crippen molar-refractivity contribution in [1.82, 2.24) is 14.9 Å². The highest BCUT2D eigenvalue weighted by atomic mass is 32.2. The minimum Gasteiger partial charge on any atom is -0.465 e. The predicted octanol–water partition coefficient (Wildman–Crippen LogP) is 5.21. The van der Waals surface area contributed by atoms with E-state index in [0.717, 1.165) is 16.5 Å².